The summed E-state index contributed by atoms with van der Waals surface area (Å²) in [6.07, 6.45) is -4.48. The first-order chi connectivity index (χ1) is 12.7. The molecule has 2 aromatic carbocycles. The lowest BCUT2D eigenvalue weighted by atomic mass is 10.0. The largest absolute Gasteiger partial charge is 0.506 e. The van der Waals surface area contributed by atoms with Crippen molar-refractivity contribution in [1.29, 1.82) is 0 Å². The Bertz CT molecular complexity index is 994. The number of carbonyl (C=O) groups excluding carboxylic acids is 1. The van der Waals surface area contributed by atoms with Crippen LogP contribution in [-0.4, -0.2) is 30.8 Å². The van der Waals surface area contributed by atoms with Crippen LogP contribution in [0.2, 0.25) is 0 Å². The maximum atomic E-state index is 13.2. The number of hydrogen-bond donors (Lipinski definition) is 3. The number of halogens is 4. The smallest absolute Gasteiger partial charge is 0.405 e. The van der Waals surface area contributed by atoms with Crippen LogP contribution < -0.4 is 10.6 Å². The quantitative estimate of drug-likeness (QED) is 0.465. The highest BCUT2D eigenvalue weighted by atomic mass is 19.4. The van der Waals surface area contributed by atoms with Crippen LogP contribution in [0.3, 0.4) is 0 Å². The monoisotopic (exact) mass is 382 g/mol. The number of furan rings is 1. The lowest BCUT2D eigenvalue weighted by Gasteiger charge is -2.10. The number of benzene rings is 2. The van der Waals surface area contributed by atoms with Crippen LogP contribution in [-0.2, 0) is 0 Å². The molecule has 0 aliphatic heterocycles. The number of carbonyl (C=O) groups is 1. The van der Waals surface area contributed by atoms with Gasteiger partial charge in [-0.2, -0.15) is 13.2 Å². The van der Waals surface area contributed by atoms with Crippen LogP contribution in [0.5, 0.6) is 5.75 Å². The van der Waals surface area contributed by atoms with Crippen molar-refractivity contribution in [2.75, 3.05) is 18.9 Å². The fraction of sp³-hybridized carbons (Fsp3) is 0.167. The zero-order chi connectivity index (χ0) is 19.8. The minimum absolute atomic E-state index is 0.0804. The number of anilines is 1. The summed E-state index contributed by atoms with van der Waals surface area (Å²) in [5.41, 5.74) is 0.380. The Kier molecular flexibility index (Phi) is 4.69. The zero-order valence-electron chi connectivity index (χ0n) is 13.9. The van der Waals surface area contributed by atoms with E-state index >= 15 is 0 Å². The first-order valence-electron chi connectivity index (χ1n) is 7.78. The van der Waals surface area contributed by atoms with E-state index < -0.39 is 30.2 Å². The summed E-state index contributed by atoms with van der Waals surface area (Å²) in [5.74, 6) is -1.36. The molecule has 27 heavy (non-hydrogen) atoms. The van der Waals surface area contributed by atoms with Gasteiger partial charge < -0.3 is 20.2 Å². The van der Waals surface area contributed by atoms with Gasteiger partial charge in [0.2, 0.25) is 0 Å². The van der Waals surface area contributed by atoms with Crippen molar-refractivity contribution in [3.05, 3.63) is 47.8 Å². The molecule has 5 nitrogen and oxygen atoms in total. The van der Waals surface area contributed by atoms with Gasteiger partial charge in [-0.3, -0.25) is 4.79 Å². The fourth-order valence-corrected chi connectivity index (χ4v) is 2.62. The van der Waals surface area contributed by atoms with Crippen molar-refractivity contribution in [2.24, 2.45) is 0 Å². The summed E-state index contributed by atoms with van der Waals surface area (Å²) < 4.78 is 56.1. The third-order valence-electron chi connectivity index (χ3n) is 3.85. The number of aromatic hydroxyl groups is 1. The second-order valence-electron chi connectivity index (χ2n) is 5.73. The molecule has 3 rings (SSSR count). The van der Waals surface area contributed by atoms with Gasteiger partial charge in [0.05, 0.1) is 11.3 Å². The Morgan fingerprint density at radius 1 is 1.19 bits per heavy atom. The highest BCUT2D eigenvalue weighted by Crippen LogP contribution is 2.38. The molecule has 0 fully saturated rings. The van der Waals surface area contributed by atoms with E-state index in [1.54, 1.807) is 0 Å². The van der Waals surface area contributed by atoms with Gasteiger partial charge in [0.25, 0.3) is 5.91 Å². The first-order valence-corrected chi connectivity index (χ1v) is 7.78. The van der Waals surface area contributed by atoms with Gasteiger partial charge in [-0.15, -0.1) is 0 Å². The lowest BCUT2D eigenvalue weighted by molar-refractivity contribution is -0.115. The van der Waals surface area contributed by atoms with Crippen LogP contribution in [0.25, 0.3) is 22.3 Å². The second-order valence-corrected chi connectivity index (χ2v) is 5.73. The summed E-state index contributed by atoms with van der Waals surface area (Å²) >= 11 is 0. The van der Waals surface area contributed by atoms with Crippen molar-refractivity contribution in [3.63, 3.8) is 0 Å². The Labute approximate surface area is 150 Å². The zero-order valence-corrected chi connectivity index (χ0v) is 13.9. The van der Waals surface area contributed by atoms with E-state index in [-0.39, 0.29) is 28.0 Å². The van der Waals surface area contributed by atoms with E-state index in [9.17, 15) is 27.5 Å². The number of alkyl halides is 3. The molecule has 0 unspecified atom stereocenters. The summed E-state index contributed by atoms with van der Waals surface area (Å²) in [5, 5.41) is 14.8. The van der Waals surface area contributed by atoms with Gasteiger partial charge in [0.15, 0.2) is 0 Å². The predicted octanol–water partition coefficient (Wildman–Crippen LogP) is 4.28. The number of amides is 1. The molecule has 3 N–H and O–H groups in total. The normalized spacial score (nSPS) is 11.6. The third kappa shape index (κ3) is 3.81. The molecule has 0 aliphatic carbocycles. The molecule has 142 valence electrons. The molecule has 0 atom stereocenters. The number of nitrogens with one attached hydrogen (secondary N) is 2. The third-order valence-corrected chi connectivity index (χ3v) is 3.85. The Morgan fingerprint density at radius 3 is 2.44 bits per heavy atom. The standard InChI is InChI=1S/C18H14F4N2O3/c1-23-17(26)15-11-6-13(25)12(24-8-18(20,21)22)7-14(11)27-16(15)9-2-4-10(19)5-3-9/h2-7,24-25H,8H2,1H3,(H,23,26). The molecule has 1 aromatic heterocycles. The summed E-state index contributed by atoms with van der Waals surface area (Å²) in [7, 11) is 1.40. The number of rotatable bonds is 4. The predicted molar refractivity (Wildman–Crippen MR) is 91.2 cm³/mol. The van der Waals surface area contributed by atoms with Gasteiger partial charge in [0, 0.05) is 24.1 Å². The van der Waals surface area contributed by atoms with Gasteiger partial charge in [-0.05, 0) is 30.3 Å². The van der Waals surface area contributed by atoms with E-state index in [2.05, 4.69) is 10.6 Å². The molecule has 0 radical (unpaired) electrons. The van der Waals surface area contributed by atoms with Gasteiger partial charge in [0.1, 0.15) is 29.5 Å². The summed E-state index contributed by atoms with van der Waals surface area (Å²) in [6, 6.07) is 7.50. The number of phenolic OH excluding ortho intramolecular Hbond substituents is 1. The molecule has 3 aromatic rings. The molecule has 0 saturated heterocycles. The van der Waals surface area contributed by atoms with Crippen molar-refractivity contribution in [2.45, 2.75) is 6.18 Å². The molecule has 9 heteroatoms. The number of phenols is 1. The van der Waals surface area contributed by atoms with Crippen molar-refractivity contribution >= 4 is 22.6 Å². The van der Waals surface area contributed by atoms with E-state index in [1.807, 2.05) is 0 Å². The summed E-state index contributed by atoms with van der Waals surface area (Å²) in [4.78, 5) is 12.3. The van der Waals surface area contributed by atoms with Gasteiger partial charge in [-0.25, -0.2) is 4.39 Å². The molecule has 0 aliphatic rings. The maximum absolute atomic E-state index is 13.2. The highest BCUT2D eigenvalue weighted by Gasteiger charge is 2.28. The van der Waals surface area contributed by atoms with E-state index in [1.165, 1.54) is 37.4 Å². The molecule has 0 bridgehead atoms. The fourth-order valence-electron chi connectivity index (χ4n) is 2.62. The molecular weight excluding hydrogens is 368 g/mol. The van der Waals surface area contributed by atoms with Crippen LogP contribution in [0, 0.1) is 5.82 Å². The van der Waals surface area contributed by atoms with Crippen LogP contribution in [0.15, 0.2) is 40.8 Å². The average Bonchev–Trinajstić information content (AvgIpc) is 2.97. The highest BCUT2D eigenvalue weighted by molar-refractivity contribution is 6.12. The maximum Gasteiger partial charge on any atom is 0.405 e. The van der Waals surface area contributed by atoms with Gasteiger partial charge in [-0.1, -0.05) is 0 Å². The van der Waals surface area contributed by atoms with Crippen molar-refractivity contribution in [3.8, 4) is 17.1 Å². The second kappa shape index (κ2) is 6.82. The number of fused-ring (bicyclic) bond motifs is 1. The topological polar surface area (TPSA) is 74.5 Å². The van der Waals surface area contributed by atoms with Crippen molar-refractivity contribution < 1.29 is 31.9 Å². The van der Waals surface area contributed by atoms with E-state index in [0.717, 1.165) is 6.07 Å². The molecule has 0 saturated carbocycles. The molecular formula is C18H14F4N2O3. The average molecular weight is 382 g/mol. The lowest BCUT2D eigenvalue weighted by Crippen LogP contribution is -2.21. The minimum atomic E-state index is -4.48. The van der Waals surface area contributed by atoms with Gasteiger partial charge >= 0.3 is 6.18 Å². The molecule has 1 amide bonds. The molecule has 0 spiro atoms. The van der Waals surface area contributed by atoms with Crippen molar-refractivity contribution in [1.82, 2.24) is 5.32 Å². The van der Waals surface area contributed by atoms with Crippen LogP contribution in [0.4, 0.5) is 23.2 Å². The number of hydrogen-bond acceptors (Lipinski definition) is 4. The Balaban J connectivity index is 2.15. The van der Waals surface area contributed by atoms with Crippen LogP contribution >= 0.6 is 0 Å². The molecule has 1 heterocycles. The first kappa shape index (κ1) is 18.6. The summed E-state index contributed by atoms with van der Waals surface area (Å²) in [6.45, 7) is -1.35. The Morgan fingerprint density at radius 2 is 1.85 bits per heavy atom. The van der Waals surface area contributed by atoms with Crippen LogP contribution in [0.1, 0.15) is 10.4 Å². The Hall–Kier alpha value is -3.23. The SMILES string of the molecule is CNC(=O)c1c(-c2ccc(F)cc2)oc2cc(NCC(F)(F)F)c(O)cc12. The van der Waals surface area contributed by atoms with E-state index in [0.29, 0.717) is 5.56 Å². The minimum Gasteiger partial charge on any atom is -0.506 e. The van der Waals surface area contributed by atoms with E-state index in [4.69, 9.17) is 4.42 Å².